The molecule has 2 aliphatic carbocycles. The lowest BCUT2D eigenvalue weighted by Gasteiger charge is -2.26. The van der Waals surface area contributed by atoms with Crippen molar-refractivity contribution in [3.8, 4) is 5.75 Å². The molecule has 3 atom stereocenters. The van der Waals surface area contributed by atoms with E-state index in [1.807, 2.05) is 49.4 Å². The maximum Gasteiger partial charge on any atom is 0.243 e. The fourth-order valence-corrected chi connectivity index (χ4v) is 4.34. The number of carbonyl (C=O) groups excluding carboxylic acids is 3. The topological polar surface area (TPSA) is 131 Å². The van der Waals surface area contributed by atoms with E-state index in [4.69, 9.17) is 10.5 Å². The van der Waals surface area contributed by atoms with E-state index in [2.05, 4.69) is 10.6 Å². The summed E-state index contributed by atoms with van der Waals surface area (Å²) in [5.74, 6) is -0.386. The van der Waals surface area contributed by atoms with Gasteiger partial charge in [-0.05, 0) is 55.4 Å². The third-order valence-corrected chi connectivity index (χ3v) is 7.37. The van der Waals surface area contributed by atoms with E-state index in [0.717, 1.165) is 24.0 Å². The first kappa shape index (κ1) is 25.9. The Morgan fingerprint density at radius 3 is 2.00 bits per heavy atom. The number of aliphatic hydroxyl groups is 1. The molecule has 2 aromatic rings. The van der Waals surface area contributed by atoms with E-state index in [1.165, 1.54) is 0 Å². The summed E-state index contributed by atoms with van der Waals surface area (Å²) >= 11 is 0. The number of hydrogen-bond acceptors (Lipinski definition) is 6. The fourth-order valence-electron chi connectivity index (χ4n) is 4.34. The first-order chi connectivity index (χ1) is 17.1. The van der Waals surface area contributed by atoms with Crippen LogP contribution in [0.3, 0.4) is 0 Å². The van der Waals surface area contributed by atoms with Crippen molar-refractivity contribution >= 4 is 17.6 Å². The second kappa shape index (κ2) is 10.4. The highest BCUT2D eigenvalue weighted by Gasteiger charge is 2.50. The van der Waals surface area contributed by atoms with Crippen LogP contribution in [0.1, 0.15) is 43.7 Å². The minimum absolute atomic E-state index is 0.00165. The van der Waals surface area contributed by atoms with Crippen molar-refractivity contribution in [2.24, 2.45) is 11.1 Å². The number of carbonyl (C=O) groups is 3. The number of ketones is 1. The number of benzene rings is 2. The SMILES string of the molecule is COc1ccc(CC(NC(=O)C(N)C2(O)CC2)C(=O)NC(Cc2ccccc2)C(=O)C2(C)CC2)cc1. The van der Waals surface area contributed by atoms with Gasteiger partial charge in [-0.15, -0.1) is 0 Å². The number of rotatable bonds is 12. The van der Waals surface area contributed by atoms with Gasteiger partial charge < -0.3 is 26.2 Å². The van der Waals surface area contributed by atoms with Gasteiger partial charge in [0.1, 0.15) is 17.8 Å². The Kier molecular flexibility index (Phi) is 7.47. The number of Topliss-reactive ketones (excluding diaryl/α,β-unsaturated/α-hetero) is 1. The van der Waals surface area contributed by atoms with Crippen LogP contribution in [-0.2, 0) is 27.2 Å². The third kappa shape index (κ3) is 6.12. The molecule has 8 heteroatoms. The van der Waals surface area contributed by atoms with Crippen molar-refractivity contribution in [1.29, 1.82) is 0 Å². The van der Waals surface area contributed by atoms with E-state index < -0.39 is 41.0 Å². The molecule has 2 saturated carbocycles. The van der Waals surface area contributed by atoms with Crippen LogP contribution in [-0.4, -0.2) is 53.5 Å². The van der Waals surface area contributed by atoms with Gasteiger partial charge >= 0.3 is 0 Å². The van der Waals surface area contributed by atoms with Gasteiger partial charge in [0.15, 0.2) is 5.78 Å². The van der Waals surface area contributed by atoms with E-state index in [-0.39, 0.29) is 12.2 Å². The molecule has 2 fully saturated rings. The van der Waals surface area contributed by atoms with Crippen LogP contribution >= 0.6 is 0 Å². The number of nitrogens with one attached hydrogen (secondary N) is 2. The fraction of sp³-hybridized carbons (Fsp3) is 0.464. The Morgan fingerprint density at radius 2 is 1.44 bits per heavy atom. The van der Waals surface area contributed by atoms with Crippen LogP contribution in [0.2, 0.25) is 0 Å². The van der Waals surface area contributed by atoms with Gasteiger partial charge in [0.2, 0.25) is 11.8 Å². The average molecular weight is 494 g/mol. The van der Waals surface area contributed by atoms with E-state index in [9.17, 15) is 19.5 Å². The Balaban J connectivity index is 1.53. The first-order valence-electron chi connectivity index (χ1n) is 12.4. The van der Waals surface area contributed by atoms with Crippen LogP contribution in [0.4, 0.5) is 0 Å². The standard InChI is InChI=1S/C28H35N3O5/c1-27(12-13-27)24(32)21(16-18-6-4-3-5-7-18)30-25(33)22(17-19-8-10-20(36-2)11-9-19)31-26(34)23(29)28(35)14-15-28/h3-11,21-23,35H,12-17,29H2,1-2H3,(H,30,33)(H,31,34). The van der Waals surface area contributed by atoms with Gasteiger partial charge in [-0.25, -0.2) is 0 Å². The molecule has 8 nitrogen and oxygen atoms in total. The van der Waals surface area contributed by atoms with Crippen LogP contribution in [0.25, 0.3) is 0 Å². The molecule has 36 heavy (non-hydrogen) atoms. The summed E-state index contributed by atoms with van der Waals surface area (Å²) < 4.78 is 5.20. The van der Waals surface area contributed by atoms with Crippen molar-refractivity contribution in [1.82, 2.24) is 10.6 Å². The summed E-state index contributed by atoms with van der Waals surface area (Å²) in [6, 6.07) is 13.9. The predicted molar refractivity (Wildman–Crippen MR) is 135 cm³/mol. The number of hydrogen-bond donors (Lipinski definition) is 4. The Bertz CT molecular complexity index is 1090. The molecule has 3 unspecified atom stereocenters. The Hall–Kier alpha value is -3.23. The summed E-state index contributed by atoms with van der Waals surface area (Å²) in [7, 11) is 1.57. The van der Waals surface area contributed by atoms with E-state index >= 15 is 0 Å². The number of methoxy groups -OCH3 is 1. The molecule has 2 amide bonds. The number of nitrogens with two attached hydrogens (primary N) is 1. The van der Waals surface area contributed by atoms with Crippen LogP contribution in [0.5, 0.6) is 5.75 Å². The van der Waals surface area contributed by atoms with Gasteiger partial charge in [0, 0.05) is 11.8 Å². The molecular formula is C28H35N3O5. The highest BCUT2D eigenvalue weighted by molar-refractivity contribution is 5.97. The summed E-state index contributed by atoms with van der Waals surface area (Å²) in [4.78, 5) is 39.7. The van der Waals surface area contributed by atoms with E-state index in [0.29, 0.717) is 25.0 Å². The van der Waals surface area contributed by atoms with Crippen molar-refractivity contribution in [3.05, 3.63) is 65.7 Å². The van der Waals surface area contributed by atoms with Crippen molar-refractivity contribution in [2.75, 3.05) is 7.11 Å². The zero-order chi connectivity index (χ0) is 25.9. The highest BCUT2D eigenvalue weighted by Crippen LogP contribution is 2.46. The second-order valence-electron chi connectivity index (χ2n) is 10.4. The molecule has 4 rings (SSSR count). The molecule has 0 bridgehead atoms. The zero-order valence-corrected chi connectivity index (χ0v) is 20.8. The van der Waals surface area contributed by atoms with Gasteiger partial charge in [-0.2, -0.15) is 0 Å². The summed E-state index contributed by atoms with van der Waals surface area (Å²) in [5.41, 5.74) is 6.07. The average Bonchev–Trinajstić information content (AvgIpc) is 3.82. The molecule has 0 radical (unpaired) electrons. The molecule has 5 N–H and O–H groups in total. The first-order valence-corrected chi connectivity index (χ1v) is 12.4. The maximum absolute atomic E-state index is 13.5. The highest BCUT2D eigenvalue weighted by atomic mass is 16.5. The smallest absolute Gasteiger partial charge is 0.243 e. The lowest BCUT2D eigenvalue weighted by atomic mass is 9.92. The van der Waals surface area contributed by atoms with Crippen LogP contribution in [0, 0.1) is 5.41 Å². The molecule has 0 heterocycles. The zero-order valence-electron chi connectivity index (χ0n) is 20.8. The molecule has 0 saturated heterocycles. The number of amides is 2. The molecule has 2 aliphatic rings. The quantitative estimate of drug-likeness (QED) is 0.356. The normalized spacial score (nSPS) is 19.3. The third-order valence-electron chi connectivity index (χ3n) is 7.37. The minimum Gasteiger partial charge on any atom is -0.497 e. The molecule has 2 aromatic carbocycles. The summed E-state index contributed by atoms with van der Waals surface area (Å²) in [6.45, 7) is 1.92. The number of ether oxygens (including phenoxy) is 1. The minimum atomic E-state index is -1.22. The lowest BCUT2D eigenvalue weighted by molar-refractivity contribution is -0.134. The van der Waals surface area contributed by atoms with E-state index in [1.54, 1.807) is 19.2 Å². The van der Waals surface area contributed by atoms with Gasteiger partial charge in [0.25, 0.3) is 0 Å². The Morgan fingerprint density at radius 1 is 0.889 bits per heavy atom. The largest absolute Gasteiger partial charge is 0.497 e. The molecule has 0 aliphatic heterocycles. The van der Waals surface area contributed by atoms with Crippen molar-refractivity contribution in [2.45, 2.75) is 69.2 Å². The maximum atomic E-state index is 13.5. The monoisotopic (exact) mass is 493 g/mol. The van der Waals surface area contributed by atoms with Crippen LogP contribution in [0.15, 0.2) is 54.6 Å². The predicted octanol–water partition coefficient (Wildman–Crippen LogP) is 1.67. The van der Waals surface area contributed by atoms with Gasteiger partial charge in [-0.1, -0.05) is 49.4 Å². The summed E-state index contributed by atoms with van der Waals surface area (Å²) in [6.07, 6.45) is 3.05. The second-order valence-corrected chi connectivity index (χ2v) is 10.4. The summed E-state index contributed by atoms with van der Waals surface area (Å²) in [5, 5.41) is 15.9. The lowest BCUT2D eigenvalue weighted by Crippen LogP contribution is -2.58. The molecule has 192 valence electrons. The molecular weight excluding hydrogens is 458 g/mol. The van der Waals surface area contributed by atoms with Gasteiger partial charge in [0.05, 0.1) is 18.8 Å². The molecule has 0 spiro atoms. The Labute approximate surface area is 211 Å². The van der Waals surface area contributed by atoms with Gasteiger partial charge in [-0.3, -0.25) is 14.4 Å². The molecule has 0 aromatic heterocycles. The van der Waals surface area contributed by atoms with Crippen molar-refractivity contribution < 1.29 is 24.2 Å². The van der Waals surface area contributed by atoms with Crippen LogP contribution < -0.4 is 21.1 Å². The van der Waals surface area contributed by atoms with Crippen molar-refractivity contribution in [3.63, 3.8) is 0 Å².